The summed E-state index contributed by atoms with van der Waals surface area (Å²) < 4.78 is 0. The van der Waals surface area contributed by atoms with E-state index in [1.807, 2.05) is 0 Å². The Morgan fingerprint density at radius 2 is 1.71 bits per heavy atom. The lowest BCUT2D eigenvalue weighted by molar-refractivity contribution is 0.0875. The van der Waals surface area contributed by atoms with Crippen LogP contribution in [-0.2, 0) is 0 Å². The van der Waals surface area contributed by atoms with Gasteiger partial charge in [-0.2, -0.15) is 0 Å². The third kappa shape index (κ3) is 2.12. The van der Waals surface area contributed by atoms with Crippen molar-refractivity contribution in [3.05, 3.63) is 0 Å². The molecule has 2 fully saturated rings. The monoisotopic (exact) mass is 196 g/mol. The Bertz CT molecular complexity index is 167. The van der Waals surface area contributed by atoms with Crippen LogP contribution in [-0.4, -0.2) is 48.6 Å². The number of likely N-dealkylation sites (tertiary alicyclic amines) is 1. The number of hydrogen-bond acceptors (Lipinski definition) is 2. The van der Waals surface area contributed by atoms with Crippen LogP contribution in [0.3, 0.4) is 0 Å². The summed E-state index contributed by atoms with van der Waals surface area (Å²) in [6.07, 6.45) is 7.03. The van der Waals surface area contributed by atoms with Crippen LogP contribution in [0.4, 0.5) is 0 Å². The molecule has 2 bridgehead atoms. The van der Waals surface area contributed by atoms with Crippen molar-refractivity contribution in [2.24, 2.45) is 0 Å². The van der Waals surface area contributed by atoms with E-state index in [4.69, 9.17) is 0 Å². The van der Waals surface area contributed by atoms with Crippen molar-refractivity contribution in [2.45, 2.75) is 51.1 Å². The molecule has 2 saturated heterocycles. The first-order valence-corrected chi connectivity index (χ1v) is 6.25. The van der Waals surface area contributed by atoms with Crippen LogP contribution < -0.4 is 0 Å². The van der Waals surface area contributed by atoms with Gasteiger partial charge in [0.25, 0.3) is 0 Å². The highest BCUT2D eigenvalue weighted by atomic mass is 15.3. The lowest BCUT2D eigenvalue weighted by Gasteiger charge is -2.38. The number of nitrogens with zero attached hydrogens (tertiary/aromatic N) is 2. The van der Waals surface area contributed by atoms with Crippen LogP contribution >= 0.6 is 0 Å². The molecule has 0 unspecified atom stereocenters. The molecule has 0 aromatic heterocycles. The van der Waals surface area contributed by atoms with Gasteiger partial charge in [0.2, 0.25) is 0 Å². The first-order chi connectivity index (χ1) is 6.81. The molecule has 0 aliphatic carbocycles. The lowest BCUT2D eigenvalue weighted by atomic mass is 10.2. The van der Waals surface area contributed by atoms with Gasteiger partial charge in [0, 0.05) is 25.2 Å². The zero-order valence-corrected chi connectivity index (χ0v) is 9.71. The fourth-order valence-electron chi connectivity index (χ4n) is 2.97. The number of likely N-dealkylation sites (N-methyl/N-ethyl adjacent to an activating group) is 1. The van der Waals surface area contributed by atoms with Crippen molar-refractivity contribution in [1.29, 1.82) is 0 Å². The molecule has 2 aliphatic rings. The Morgan fingerprint density at radius 1 is 1.07 bits per heavy atom. The Kier molecular flexibility index (Phi) is 3.45. The lowest BCUT2D eigenvalue weighted by Crippen LogP contribution is -2.51. The summed E-state index contributed by atoms with van der Waals surface area (Å²) in [5, 5.41) is 0. The van der Waals surface area contributed by atoms with Crippen molar-refractivity contribution in [2.75, 3.05) is 26.7 Å². The average Bonchev–Trinajstić information content (AvgIpc) is 2.41. The van der Waals surface area contributed by atoms with Crippen molar-refractivity contribution in [1.82, 2.24) is 9.80 Å². The molecule has 0 radical (unpaired) electrons. The standard InChI is InChI=1S/C12H24N2/c1-3-4-5-8-14-9-11-6-7-12(10-14)13(11)2/h11-12H,3-10H2,1-2H3/t11-,12+. The molecule has 2 heteroatoms. The number of piperazine rings is 1. The first kappa shape index (κ1) is 10.4. The van der Waals surface area contributed by atoms with Gasteiger partial charge in [0.1, 0.15) is 0 Å². The Labute approximate surface area is 88.3 Å². The zero-order valence-electron chi connectivity index (χ0n) is 9.71. The van der Waals surface area contributed by atoms with Gasteiger partial charge in [-0.15, -0.1) is 0 Å². The van der Waals surface area contributed by atoms with E-state index in [1.165, 1.54) is 51.7 Å². The molecule has 2 atom stereocenters. The topological polar surface area (TPSA) is 6.48 Å². The van der Waals surface area contributed by atoms with Crippen molar-refractivity contribution in [3.63, 3.8) is 0 Å². The second-order valence-electron chi connectivity index (χ2n) is 5.02. The van der Waals surface area contributed by atoms with Gasteiger partial charge in [0.05, 0.1) is 0 Å². The minimum absolute atomic E-state index is 0.871. The van der Waals surface area contributed by atoms with Gasteiger partial charge in [-0.1, -0.05) is 19.8 Å². The van der Waals surface area contributed by atoms with Crippen LogP contribution in [0.2, 0.25) is 0 Å². The number of rotatable bonds is 4. The molecule has 2 rings (SSSR count). The van der Waals surface area contributed by atoms with E-state index in [2.05, 4.69) is 23.8 Å². The van der Waals surface area contributed by atoms with E-state index in [9.17, 15) is 0 Å². The molecule has 0 aromatic carbocycles. The molecule has 0 spiro atoms. The SMILES string of the molecule is CCCCCN1C[C@H]2CC[C@@H](C1)N2C. The summed E-state index contributed by atoms with van der Waals surface area (Å²) in [6, 6.07) is 1.74. The second-order valence-corrected chi connectivity index (χ2v) is 5.02. The third-order valence-corrected chi connectivity index (χ3v) is 4.00. The predicted octanol–water partition coefficient (Wildman–Crippen LogP) is 1.96. The Balaban J connectivity index is 1.76. The van der Waals surface area contributed by atoms with Crippen molar-refractivity contribution < 1.29 is 0 Å². The molecule has 0 amide bonds. The number of hydrogen-bond donors (Lipinski definition) is 0. The number of unbranched alkanes of at least 4 members (excludes halogenated alkanes) is 2. The normalized spacial score (nSPS) is 33.9. The molecule has 2 nitrogen and oxygen atoms in total. The molecular weight excluding hydrogens is 172 g/mol. The van der Waals surface area contributed by atoms with Crippen LogP contribution in [0.25, 0.3) is 0 Å². The zero-order chi connectivity index (χ0) is 9.97. The quantitative estimate of drug-likeness (QED) is 0.634. The molecule has 0 saturated carbocycles. The average molecular weight is 196 g/mol. The van der Waals surface area contributed by atoms with Crippen molar-refractivity contribution >= 4 is 0 Å². The summed E-state index contributed by atoms with van der Waals surface area (Å²) in [5.41, 5.74) is 0. The van der Waals surface area contributed by atoms with E-state index in [0.29, 0.717) is 0 Å². The smallest absolute Gasteiger partial charge is 0.0224 e. The molecule has 82 valence electrons. The van der Waals surface area contributed by atoms with Crippen LogP contribution in [0, 0.1) is 0 Å². The van der Waals surface area contributed by atoms with Crippen LogP contribution in [0.5, 0.6) is 0 Å². The van der Waals surface area contributed by atoms with Crippen LogP contribution in [0.15, 0.2) is 0 Å². The molecule has 2 aliphatic heterocycles. The molecule has 0 aromatic rings. The van der Waals surface area contributed by atoms with Gasteiger partial charge < -0.3 is 4.90 Å². The molecule has 0 N–H and O–H groups in total. The summed E-state index contributed by atoms with van der Waals surface area (Å²) in [4.78, 5) is 5.30. The first-order valence-electron chi connectivity index (χ1n) is 6.25. The summed E-state index contributed by atoms with van der Waals surface area (Å²) in [7, 11) is 2.31. The summed E-state index contributed by atoms with van der Waals surface area (Å²) >= 11 is 0. The van der Waals surface area contributed by atoms with Gasteiger partial charge in [-0.05, 0) is 32.9 Å². The maximum Gasteiger partial charge on any atom is 0.0224 e. The van der Waals surface area contributed by atoms with Crippen molar-refractivity contribution in [3.8, 4) is 0 Å². The van der Waals surface area contributed by atoms with E-state index in [0.717, 1.165) is 12.1 Å². The van der Waals surface area contributed by atoms with Gasteiger partial charge in [0.15, 0.2) is 0 Å². The van der Waals surface area contributed by atoms with Gasteiger partial charge in [-0.3, -0.25) is 4.90 Å². The highest BCUT2D eigenvalue weighted by Crippen LogP contribution is 2.28. The largest absolute Gasteiger partial charge is 0.300 e. The summed E-state index contributed by atoms with van der Waals surface area (Å²) in [5.74, 6) is 0. The predicted molar refractivity (Wildman–Crippen MR) is 60.5 cm³/mol. The van der Waals surface area contributed by atoms with Crippen LogP contribution in [0.1, 0.15) is 39.0 Å². The third-order valence-electron chi connectivity index (χ3n) is 4.00. The van der Waals surface area contributed by atoms with E-state index in [1.54, 1.807) is 0 Å². The molecule has 2 heterocycles. The molecular formula is C12H24N2. The maximum atomic E-state index is 2.69. The maximum absolute atomic E-state index is 2.69. The van der Waals surface area contributed by atoms with E-state index in [-0.39, 0.29) is 0 Å². The Hall–Kier alpha value is -0.0800. The fourth-order valence-corrected chi connectivity index (χ4v) is 2.97. The highest BCUT2D eigenvalue weighted by Gasteiger charge is 2.36. The van der Waals surface area contributed by atoms with E-state index < -0.39 is 0 Å². The van der Waals surface area contributed by atoms with E-state index >= 15 is 0 Å². The van der Waals surface area contributed by atoms with Gasteiger partial charge in [-0.25, -0.2) is 0 Å². The minimum atomic E-state index is 0.871. The second kappa shape index (κ2) is 4.63. The Morgan fingerprint density at radius 3 is 2.29 bits per heavy atom. The molecule has 14 heavy (non-hydrogen) atoms. The number of fused-ring (bicyclic) bond motifs is 2. The summed E-state index contributed by atoms with van der Waals surface area (Å²) in [6.45, 7) is 6.29. The highest BCUT2D eigenvalue weighted by molar-refractivity contribution is 4.93. The minimum Gasteiger partial charge on any atom is -0.300 e. The van der Waals surface area contributed by atoms with Gasteiger partial charge >= 0.3 is 0 Å². The fraction of sp³-hybridized carbons (Fsp3) is 1.00.